The van der Waals surface area contributed by atoms with Gasteiger partial charge in [0.25, 0.3) is 5.91 Å². The number of hydrogen-bond donors (Lipinski definition) is 0. The molecule has 29 heavy (non-hydrogen) atoms. The highest BCUT2D eigenvalue weighted by atomic mass is 32.1. The number of carbonyl (C=O) groups is 1. The molecular weight excluding hydrogens is 386 g/mol. The minimum absolute atomic E-state index is 0.0846. The van der Waals surface area contributed by atoms with Crippen molar-refractivity contribution < 1.29 is 14.3 Å². The number of likely N-dealkylation sites (N-methyl/N-ethyl adjacent to an activating group) is 1. The van der Waals surface area contributed by atoms with Gasteiger partial charge in [0.15, 0.2) is 16.6 Å². The fourth-order valence-electron chi connectivity index (χ4n) is 3.21. The second-order valence-corrected chi connectivity index (χ2v) is 8.28. The first-order valence-corrected chi connectivity index (χ1v) is 10.6. The number of aromatic nitrogens is 1. The molecule has 0 bridgehead atoms. The average Bonchev–Trinajstić information content (AvgIpc) is 3.15. The molecule has 1 aliphatic rings. The van der Waals surface area contributed by atoms with Gasteiger partial charge in [-0.3, -0.25) is 9.69 Å². The Balaban J connectivity index is 1.68. The van der Waals surface area contributed by atoms with E-state index < -0.39 is 0 Å². The zero-order valence-corrected chi connectivity index (χ0v) is 17.8. The quantitative estimate of drug-likeness (QED) is 0.617. The molecule has 2 aromatic carbocycles. The molecule has 1 aliphatic heterocycles. The third-order valence-electron chi connectivity index (χ3n) is 4.89. The van der Waals surface area contributed by atoms with Crippen molar-refractivity contribution in [3.63, 3.8) is 0 Å². The number of benzene rings is 2. The Bertz CT molecular complexity index is 1030. The van der Waals surface area contributed by atoms with E-state index in [2.05, 4.69) is 24.0 Å². The predicted octanol–water partition coefficient (Wildman–Crippen LogP) is 3.84. The van der Waals surface area contributed by atoms with Crippen LogP contribution < -0.4 is 14.4 Å². The number of fused-ring (bicyclic) bond motifs is 2. The molecule has 0 saturated heterocycles. The highest BCUT2D eigenvalue weighted by Crippen LogP contribution is 2.33. The Hall–Kier alpha value is -2.64. The maximum Gasteiger partial charge on any atom is 0.260 e. The van der Waals surface area contributed by atoms with E-state index in [0.717, 1.165) is 28.3 Å². The summed E-state index contributed by atoms with van der Waals surface area (Å²) in [5.41, 5.74) is 2.76. The zero-order valence-electron chi connectivity index (χ0n) is 17.0. The molecule has 0 unspecified atom stereocenters. The molecule has 4 rings (SSSR count). The summed E-state index contributed by atoms with van der Waals surface area (Å²) in [7, 11) is 4.00. The number of aryl methyl sites for hydroxylation is 1. The van der Waals surface area contributed by atoms with Crippen LogP contribution in [0.5, 0.6) is 11.5 Å². The number of carbonyl (C=O) groups excluding carboxylic acids is 1. The number of amides is 1. The summed E-state index contributed by atoms with van der Waals surface area (Å²) in [4.78, 5) is 22.0. The van der Waals surface area contributed by atoms with E-state index in [9.17, 15) is 4.79 Å². The van der Waals surface area contributed by atoms with Crippen LogP contribution in [0.4, 0.5) is 5.13 Å². The van der Waals surface area contributed by atoms with E-state index in [0.29, 0.717) is 36.8 Å². The van der Waals surface area contributed by atoms with E-state index in [1.807, 2.05) is 20.2 Å². The summed E-state index contributed by atoms with van der Waals surface area (Å²) in [5.74, 6) is 1.21. The summed E-state index contributed by atoms with van der Waals surface area (Å²) in [5, 5.41) is 0.718. The SMILES string of the molecule is CCc1ccc2nc(N(CCN(C)C)C(=O)c3ccc4c(c3)OCCO4)sc2c1. The highest BCUT2D eigenvalue weighted by Gasteiger charge is 2.23. The van der Waals surface area contributed by atoms with Gasteiger partial charge in [0.2, 0.25) is 0 Å². The van der Waals surface area contributed by atoms with Crippen molar-refractivity contribution in [1.29, 1.82) is 0 Å². The van der Waals surface area contributed by atoms with Crippen LogP contribution in [0, 0.1) is 0 Å². The van der Waals surface area contributed by atoms with Gasteiger partial charge in [-0.2, -0.15) is 0 Å². The van der Waals surface area contributed by atoms with Crippen molar-refractivity contribution in [1.82, 2.24) is 9.88 Å². The molecule has 1 amide bonds. The fraction of sp³-hybridized carbons (Fsp3) is 0.364. The Morgan fingerprint density at radius 1 is 1.07 bits per heavy atom. The van der Waals surface area contributed by atoms with E-state index in [4.69, 9.17) is 14.5 Å². The largest absolute Gasteiger partial charge is 0.486 e. The Morgan fingerprint density at radius 3 is 2.62 bits per heavy atom. The molecule has 0 aliphatic carbocycles. The van der Waals surface area contributed by atoms with Crippen molar-refractivity contribution in [3.05, 3.63) is 47.5 Å². The molecule has 7 heteroatoms. The number of ether oxygens (including phenoxy) is 2. The third-order valence-corrected chi connectivity index (χ3v) is 5.93. The second-order valence-electron chi connectivity index (χ2n) is 7.27. The monoisotopic (exact) mass is 411 g/mol. The van der Waals surface area contributed by atoms with Crippen LogP contribution in [0.3, 0.4) is 0 Å². The summed E-state index contributed by atoms with van der Waals surface area (Å²) in [6, 6.07) is 11.7. The smallest absolute Gasteiger partial charge is 0.260 e. The lowest BCUT2D eigenvalue weighted by molar-refractivity contribution is 0.0984. The van der Waals surface area contributed by atoms with Gasteiger partial charge in [-0.1, -0.05) is 24.3 Å². The maximum absolute atomic E-state index is 13.4. The van der Waals surface area contributed by atoms with E-state index in [1.165, 1.54) is 5.56 Å². The highest BCUT2D eigenvalue weighted by molar-refractivity contribution is 7.22. The van der Waals surface area contributed by atoms with Gasteiger partial charge < -0.3 is 14.4 Å². The Morgan fingerprint density at radius 2 is 1.86 bits per heavy atom. The normalized spacial score (nSPS) is 13.1. The first-order valence-electron chi connectivity index (χ1n) is 9.81. The molecule has 0 N–H and O–H groups in total. The lowest BCUT2D eigenvalue weighted by atomic mass is 10.1. The zero-order chi connectivity index (χ0) is 20.4. The predicted molar refractivity (Wildman–Crippen MR) is 117 cm³/mol. The van der Waals surface area contributed by atoms with Crippen LogP contribution in [0.15, 0.2) is 36.4 Å². The van der Waals surface area contributed by atoms with Crippen molar-refractivity contribution in [2.45, 2.75) is 13.3 Å². The molecule has 6 nitrogen and oxygen atoms in total. The van der Waals surface area contributed by atoms with Crippen LogP contribution in [0.25, 0.3) is 10.2 Å². The first-order chi connectivity index (χ1) is 14.0. The van der Waals surface area contributed by atoms with E-state index in [1.54, 1.807) is 34.4 Å². The van der Waals surface area contributed by atoms with Crippen molar-refractivity contribution in [2.24, 2.45) is 0 Å². The van der Waals surface area contributed by atoms with E-state index >= 15 is 0 Å². The second kappa shape index (κ2) is 8.39. The average molecular weight is 412 g/mol. The molecule has 3 aromatic rings. The van der Waals surface area contributed by atoms with Gasteiger partial charge in [-0.05, 0) is 56.4 Å². The van der Waals surface area contributed by atoms with Crippen molar-refractivity contribution in [3.8, 4) is 11.5 Å². The minimum Gasteiger partial charge on any atom is -0.486 e. The van der Waals surface area contributed by atoms with Gasteiger partial charge in [0.05, 0.1) is 10.2 Å². The number of hydrogen-bond acceptors (Lipinski definition) is 6. The number of anilines is 1. The number of nitrogens with zero attached hydrogens (tertiary/aromatic N) is 3. The number of rotatable bonds is 6. The standard InChI is InChI=1S/C22H25N3O3S/c1-4-15-5-7-17-20(13-15)29-22(23-17)25(10-9-24(2)3)21(26)16-6-8-18-19(14-16)28-12-11-27-18/h5-8,13-14H,4,9-12H2,1-3H3. The van der Waals surface area contributed by atoms with Crippen LogP contribution in [0.1, 0.15) is 22.8 Å². The van der Waals surface area contributed by atoms with Gasteiger partial charge >= 0.3 is 0 Å². The molecule has 0 radical (unpaired) electrons. The molecule has 0 fully saturated rings. The van der Waals surface area contributed by atoms with Crippen molar-refractivity contribution in [2.75, 3.05) is 45.3 Å². The summed E-state index contributed by atoms with van der Waals surface area (Å²) in [6.45, 7) is 4.46. The molecule has 1 aromatic heterocycles. The Kier molecular flexibility index (Phi) is 5.69. The summed E-state index contributed by atoms with van der Waals surface area (Å²) < 4.78 is 12.3. The number of thiazole rings is 1. The lowest BCUT2D eigenvalue weighted by Crippen LogP contribution is -2.36. The molecule has 152 valence electrons. The molecule has 2 heterocycles. The summed E-state index contributed by atoms with van der Waals surface area (Å²) >= 11 is 1.56. The van der Waals surface area contributed by atoms with Crippen LogP contribution >= 0.6 is 11.3 Å². The van der Waals surface area contributed by atoms with Crippen molar-refractivity contribution >= 4 is 32.6 Å². The Labute approximate surface area is 174 Å². The van der Waals surface area contributed by atoms with Gasteiger partial charge in [0.1, 0.15) is 13.2 Å². The van der Waals surface area contributed by atoms with Gasteiger partial charge in [-0.15, -0.1) is 0 Å². The van der Waals surface area contributed by atoms with E-state index in [-0.39, 0.29) is 5.91 Å². The molecular formula is C22H25N3O3S. The first kappa shape index (κ1) is 19.7. The summed E-state index contributed by atoms with van der Waals surface area (Å²) in [6.07, 6.45) is 0.976. The third kappa shape index (κ3) is 4.21. The van der Waals surface area contributed by atoms with Gasteiger partial charge in [0, 0.05) is 18.7 Å². The molecule has 0 atom stereocenters. The van der Waals surface area contributed by atoms with Crippen LogP contribution in [0.2, 0.25) is 0 Å². The molecule has 0 saturated carbocycles. The topological polar surface area (TPSA) is 54.9 Å². The van der Waals surface area contributed by atoms with Crippen LogP contribution in [-0.2, 0) is 6.42 Å². The maximum atomic E-state index is 13.4. The van der Waals surface area contributed by atoms with Crippen LogP contribution in [-0.4, -0.2) is 56.2 Å². The molecule has 0 spiro atoms. The van der Waals surface area contributed by atoms with Gasteiger partial charge in [-0.25, -0.2) is 4.98 Å². The lowest BCUT2D eigenvalue weighted by Gasteiger charge is -2.23. The minimum atomic E-state index is -0.0846. The fourth-order valence-corrected chi connectivity index (χ4v) is 4.26.